The van der Waals surface area contributed by atoms with E-state index in [2.05, 4.69) is 22.6 Å². The maximum absolute atomic E-state index is 12.1. The normalized spacial score (nSPS) is 43.7. The van der Waals surface area contributed by atoms with E-state index in [9.17, 15) is 9.59 Å². The van der Waals surface area contributed by atoms with Crippen LogP contribution in [0, 0.1) is 5.92 Å². The SMILES string of the molecule is CCC(C)(I)C(=O)OC1C2CC3C(=O)OC1C3O2. The van der Waals surface area contributed by atoms with Gasteiger partial charge in [0.25, 0.3) is 0 Å². The van der Waals surface area contributed by atoms with Gasteiger partial charge >= 0.3 is 11.9 Å². The Bertz CT molecular complexity index is 407. The topological polar surface area (TPSA) is 61.8 Å². The quantitative estimate of drug-likeness (QED) is 0.427. The van der Waals surface area contributed by atoms with Crippen LogP contribution >= 0.6 is 22.6 Å². The first-order valence-corrected chi connectivity index (χ1v) is 7.28. The van der Waals surface area contributed by atoms with Gasteiger partial charge in [0.15, 0.2) is 12.2 Å². The minimum Gasteiger partial charge on any atom is -0.455 e. The molecule has 0 saturated carbocycles. The molecule has 0 aromatic heterocycles. The molecule has 3 aliphatic rings. The molecule has 0 aliphatic carbocycles. The van der Waals surface area contributed by atoms with Crippen molar-refractivity contribution in [1.29, 1.82) is 0 Å². The fourth-order valence-corrected chi connectivity index (χ4v) is 2.90. The average Bonchev–Trinajstić information content (AvgIpc) is 2.93. The first-order valence-electron chi connectivity index (χ1n) is 6.20. The lowest BCUT2D eigenvalue weighted by Gasteiger charge is -2.26. The van der Waals surface area contributed by atoms with Crippen LogP contribution in [0.2, 0.25) is 0 Å². The summed E-state index contributed by atoms with van der Waals surface area (Å²) in [5.41, 5.74) is 0. The lowest BCUT2D eigenvalue weighted by atomic mass is 9.88. The van der Waals surface area contributed by atoms with Gasteiger partial charge in [0.2, 0.25) is 0 Å². The van der Waals surface area contributed by atoms with Crippen LogP contribution < -0.4 is 0 Å². The van der Waals surface area contributed by atoms with Crippen molar-refractivity contribution in [2.45, 2.75) is 54.5 Å². The van der Waals surface area contributed by atoms with Crippen LogP contribution in [0.1, 0.15) is 26.7 Å². The molecule has 0 radical (unpaired) electrons. The fourth-order valence-electron chi connectivity index (χ4n) is 2.77. The molecule has 5 nitrogen and oxygen atoms in total. The van der Waals surface area contributed by atoms with Gasteiger partial charge in [0.05, 0.1) is 12.0 Å². The molecule has 0 aromatic carbocycles. The lowest BCUT2D eigenvalue weighted by molar-refractivity contribution is -0.162. The monoisotopic (exact) mass is 366 g/mol. The van der Waals surface area contributed by atoms with Crippen molar-refractivity contribution in [2.75, 3.05) is 0 Å². The summed E-state index contributed by atoms with van der Waals surface area (Å²) in [4.78, 5) is 23.6. The Labute approximate surface area is 119 Å². The highest BCUT2D eigenvalue weighted by Gasteiger charge is 2.65. The van der Waals surface area contributed by atoms with Gasteiger partial charge in [0.1, 0.15) is 9.53 Å². The molecule has 100 valence electrons. The van der Waals surface area contributed by atoms with Gasteiger partial charge in [-0.3, -0.25) is 9.59 Å². The van der Waals surface area contributed by atoms with E-state index in [0.717, 1.165) is 0 Å². The third kappa shape index (κ3) is 1.68. The van der Waals surface area contributed by atoms with Crippen molar-refractivity contribution in [3.63, 3.8) is 0 Å². The molecule has 18 heavy (non-hydrogen) atoms. The summed E-state index contributed by atoms with van der Waals surface area (Å²) in [6.07, 6.45) is 0.107. The van der Waals surface area contributed by atoms with E-state index in [4.69, 9.17) is 14.2 Å². The molecule has 3 heterocycles. The first-order chi connectivity index (χ1) is 8.44. The zero-order chi connectivity index (χ0) is 13.1. The highest BCUT2D eigenvalue weighted by molar-refractivity contribution is 14.1. The van der Waals surface area contributed by atoms with Gasteiger partial charge in [-0.2, -0.15) is 0 Å². The second-order valence-corrected chi connectivity index (χ2v) is 7.68. The molecule has 0 aromatic rings. The van der Waals surface area contributed by atoms with Crippen LogP contribution in [0.4, 0.5) is 0 Å². The Morgan fingerprint density at radius 3 is 2.94 bits per heavy atom. The molecule has 6 heteroatoms. The smallest absolute Gasteiger partial charge is 0.322 e. The second-order valence-electron chi connectivity index (χ2n) is 5.30. The minimum absolute atomic E-state index is 0.146. The zero-order valence-corrected chi connectivity index (χ0v) is 12.4. The molecule has 3 aliphatic heterocycles. The fraction of sp³-hybridized carbons (Fsp3) is 0.833. The Morgan fingerprint density at radius 2 is 2.28 bits per heavy atom. The predicted octanol–water partition coefficient (Wildman–Crippen LogP) is 1.21. The number of fused-ring (bicyclic) bond motifs is 1. The third-order valence-electron chi connectivity index (χ3n) is 4.12. The molecule has 3 fully saturated rings. The van der Waals surface area contributed by atoms with Crippen molar-refractivity contribution in [3.05, 3.63) is 0 Å². The second kappa shape index (κ2) is 4.06. The zero-order valence-electron chi connectivity index (χ0n) is 10.2. The van der Waals surface area contributed by atoms with Crippen LogP contribution in [-0.4, -0.2) is 39.8 Å². The van der Waals surface area contributed by atoms with Crippen LogP contribution in [0.25, 0.3) is 0 Å². The van der Waals surface area contributed by atoms with Gasteiger partial charge in [0, 0.05) is 0 Å². The van der Waals surface area contributed by atoms with E-state index in [0.29, 0.717) is 12.8 Å². The standard InChI is InChI=1S/C12H15IO5/c1-3-12(2,13)11(15)18-8-6-4-5-7(16-6)9(8)17-10(5)14/h5-9H,3-4H2,1-2H3. The highest BCUT2D eigenvalue weighted by atomic mass is 127. The molecular weight excluding hydrogens is 351 g/mol. The Kier molecular flexibility index (Phi) is 2.85. The summed E-state index contributed by atoms with van der Waals surface area (Å²) in [5.74, 6) is -0.614. The van der Waals surface area contributed by atoms with Crippen LogP contribution in [0.5, 0.6) is 0 Å². The Morgan fingerprint density at radius 1 is 1.56 bits per heavy atom. The third-order valence-corrected chi connectivity index (χ3v) is 5.32. The largest absolute Gasteiger partial charge is 0.455 e. The van der Waals surface area contributed by atoms with E-state index < -0.39 is 15.6 Å². The van der Waals surface area contributed by atoms with Gasteiger partial charge in [-0.15, -0.1) is 0 Å². The average molecular weight is 366 g/mol. The lowest BCUT2D eigenvalue weighted by Crippen LogP contribution is -2.43. The molecule has 0 N–H and O–H groups in total. The van der Waals surface area contributed by atoms with E-state index >= 15 is 0 Å². The predicted molar refractivity (Wildman–Crippen MR) is 69.2 cm³/mol. The molecule has 0 amide bonds. The number of rotatable bonds is 3. The summed E-state index contributed by atoms with van der Waals surface area (Å²) in [7, 11) is 0. The number of alkyl halides is 1. The van der Waals surface area contributed by atoms with Gasteiger partial charge < -0.3 is 14.2 Å². The van der Waals surface area contributed by atoms with E-state index in [-0.39, 0.29) is 30.1 Å². The van der Waals surface area contributed by atoms with E-state index in [1.807, 2.05) is 13.8 Å². The first kappa shape index (κ1) is 12.7. The maximum atomic E-state index is 12.1. The number of carbonyl (C=O) groups excluding carboxylic acids is 2. The van der Waals surface area contributed by atoms with Crippen LogP contribution in [-0.2, 0) is 23.8 Å². The summed E-state index contributed by atoms with van der Waals surface area (Å²) < 4.78 is 15.9. The number of hydrogen-bond donors (Lipinski definition) is 0. The summed E-state index contributed by atoms with van der Waals surface area (Å²) in [6.45, 7) is 3.78. The number of carbonyl (C=O) groups is 2. The molecule has 0 spiro atoms. The van der Waals surface area contributed by atoms with Crippen molar-refractivity contribution < 1.29 is 23.8 Å². The minimum atomic E-state index is -0.540. The molecule has 2 bridgehead atoms. The van der Waals surface area contributed by atoms with Crippen molar-refractivity contribution in [3.8, 4) is 0 Å². The van der Waals surface area contributed by atoms with Crippen molar-refractivity contribution >= 4 is 34.5 Å². The molecule has 6 unspecified atom stereocenters. The molecule has 3 rings (SSSR count). The van der Waals surface area contributed by atoms with E-state index in [1.165, 1.54) is 0 Å². The van der Waals surface area contributed by atoms with Gasteiger partial charge in [-0.1, -0.05) is 29.5 Å². The Balaban J connectivity index is 1.73. The maximum Gasteiger partial charge on any atom is 0.322 e. The number of ether oxygens (including phenoxy) is 3. The van der Waals surface area contributed by atoms with Crippen molar-refractivity contribution in [1.82, 2.24) is 0 Å². The van der Waals surface area contributed by atoms with Gasteiger partial charge in [-0.25, -0.2) is 0 Å². The molecule has 6 atom stereocenters. The van der Waals surface area contributed by atoms with Gasteiger partial charge in [-0.05, 0) is 19.8 Å². The highest BCUT2D eigenvalue weighted by Crippen LogP contribution is 2.47. The summed E-state index contributed by atoms with van der Waals surface area (Å²) >= 11 is 2.09. The van der Waals surface area contributed by atoms with E-state index in [1.54, 1.807) is 0 Å². The molecular formula is C12H15IO5. The number of halogens is 1. The number of hydrogen-bond acceptors (Lipinski definition) is 5. The van der Waals surface area contributed by atoms with Crippen LogP contribution in [0.15, 0.2) is 0 Å². The summed E-state index contributed by atoms with van der Waals surface area (Å²) in [6, 6.07) is 0. The molecule has 3 saturated heterocycles. The summed E-state index contributed by atoms with van der Waals surface area (Å²) in [5, 5.41) is 0. The van der Waals surface area contributed by atoms with Crippen LogP contribution in [0.3, 0.4) is 0 Å². The number of esters is 2. The van der Waals surface area contributed by atoms with Crippen molar-refractivity contribution in [2.24, 2.45) is 5.92 Å². The Hall–Kier alpha value is -0.370.